The maximum Gasteiger partial charge on any atom is 0.264 e. The van der Waals surface area contributed by atoms with Gasteiger partial charge in [0.1, 0.15) is 5.75 Å². The molecule has 0 bridgehead atoms. The van der Waals surface area contributed by atoms with Crippen LogP contribution >= 0.6 is 0 Å². The standard InChI is InChI=1S/C16H16N4O3/c1-18-13-6-11(2-3-14(13)23-9-15(18)21)16(22)19-4-5-20-10-17-7-12(20)8-19/h2-3,6-7,10H,4-5,8-9H2,1H3. The summed E-state index contributed by atoms with van der Waals surface area (Å²) >= 11 is 0. The first-order valence-electron chi connectivity index (χ1n) is 7.45. The summed E-state index contributed by atoms with van der Waals surface area (Å²) < 4.78 is 7.45. The van der Waals surface area contributed by atoms with Crippen molar-refractivity contribution in [2.45, 2.75) is 13.1 Å². The molecule has 0 aliphatic carbocycles. The van der Waals surface area contributed by atoms with Crippen molar-refractivity contribution in [3.63, 3.8) is 0 Å². The summed E-state index contributed by atoms with van der Waals surface area (Å²) in [5.41, 5.74) is 2.22. The van der Waals surface area contributed by atoms with E-state index in [1.54, 1.807) is 42.7 Å². The number of fused-ring (bicyclic) bond motifs is 2. The summed E-state index contributed by atoms with van der Waals surface area (Å²) in [6.07, 6.45) is 3.57. The molecule has 2 amide bonds. The van der Waals surface area contributed by atoms with Crippen LogP contribution in [0.15, 0.2) is 30.7 Å². The van der Waals surface area contributed by atoms with Crippen molar-refractivity contribution in [3.8, 4) is 5.75 Å². The predicted molar refractivity (Wildman–Crippen MR) is 82.3 cm³/mol. The Morgan fingerprint density at radius 1 is 1.30 bits per heavy atom. The van der Waals surface area contributed by atoms with Crippen LogP contribution in [0.2, 0.25) is 0 Å². The highest BCUT2D eigenvalue weighted by molar-refractivity contribution is 6.01. The molecule has 7 heteroatoms. The number of hydrogen-bond acceptors (Lipinski definition) is 4. The van der Waals surface area contributed by atoms with Crippen molar-refractivity contribution >= 4 is 17.5 Å². The topological polar surface area (TPSA) is 67.7 Å². The third kappa shape index (κ3) is 2.25. The lowest BCUT2D eigenvalue weighted by atomic mass is 10.1. The van der Waals surface area contributed by atoms with E-state index < -0.39 is 0 Å². The van der Waals surface area contributed by atoms with Gasteiger partial charge in [-0.2, -0.15) is 0 Å². The number of carbonyl (C=O) groups is 2. The van der Waals surface area contributed by atoms with Gasteiger partial charge in [0.2, 0.25) is 0 Å². The summed E-state index contributed by atoms with van der Waals surface area (Å²) in [6.45, 7) is 1.96. The van der Waals surface area contributed by atoms with Gasteiger partial charge in [0, 0.05) is 31.9 Å². The second-order valence-corrected chi connectivity index (χ2v) is 5.73. The van der Waals surface area contributed by atoms with Crippen LogP contribution in [0.3, 0.4) is 0 Å². The average Bonchev–Trinajstić information content (AvgIpc) is 3.05. The van der Waals surface area contributed by atoms with Crippen LogP contribution in [0.5, 0.6) is 5.75 Å². The van der Waals surface area contributed by atoms with Crippen LogP contribution in [0.1, 0.15) is 16.1 Å². The highest BCUT2D eigenvalue weighted by atomic mass is 16.5. The summed E-state index contributed by atoms with van der Waals surface area (Å²) in [7, 11) is 1.69. The third-order valence-electron chi connectivity index (χ3n) is 4.34. The van der Waals surface area contributed by atoms with E-state index in [1.807, 2.05) is 0 Å². The number of hydrogen-bond donors (Lipinski definition) is 0. The maximum absolute atomic E-state index is 12.8. The molecule has 0 unspecified atom stereocenters. The van der Waals surface area contributed by atoms with Gasteiger partial charge in [0.15, 0.2) is 6.61 Å². The Bertz CT molecular complexity index is 798. The van der Waals surface area contributed by atoms with Gasteiger partial charge in [-0.3, -0.25) is 9.59 Å². The van der Waals surface area contributed by atoms with E-state index in [1.165, 1.54) is 4.90 Å². The molecule has 1 aromatic heterocycles. The summed E-state index contributed by atoms with van der Waals surface area (Å²) in [5, 5.41) is 0. The first-order chi connectivity index (χ1) is 11.1. The molecular weight excluding hydrogens is 296 g/mol. The Hall–Kier alpha value is -2.83. The summed E-state index contributed by atoms with van der Waals surface area (Å²) in [4.78, 5) is 31.9. The zero-order chi connectivity index (χ0) is 16.0. The number of rotatable bonds is 1. The van der Waals surface area contributed by atoms with Gasteiger partial charge >= 0.3 is 0 Å². The SMILES string of the molecule is CN1C(=O)COc2ccc(C(=O)N3CCn4cncc4C3)cc21. The zero-order valence-corrected chi connectivity index (χ0v) is 12.7. The largest absolute Gasteiger partial charge is 0.482 e. The molecule has 0 fully saturated rings. The van der Waals surface area contributed by atoms with Crippen molar-refractivity contribution < 1.29 is 14.3 Å². The fourth-order valence-corrected chi connectivity index (χ4v) is 2.95. The van der Waals surface area contributed by atoms with Crippen molar-refractivity contribution in [3.05, 3.63) is 42.0 Å². The van der Waals surface area contributed by atoms with E-state index in [4.69, 9.17) is 4.74 Å². The van der Waals surface area contributed by atoms with Crippen LogP contribution in [0.25, 0.3) is 0 Å². The molecule has 2 aromatic rings. The molecule has 0 saturated carbocycles. The van der Waals surface area contributed by atoms with Crippen LogP contribution in [0.4, 0.5) is 5.69 Å². The lowest BCUT2D eigenvalue weighted by Crippen LogP contribution is -2.38. The number of amides is 2. The molecule has 1 aromatic carbocycles. The molecule has 0 spiro atoms. The molecule has 0 N–H and O–H groups in total. The number of ether oxygens (including phenoxy) is 1. The first kappa shape index (κ1) is 13.8. The number of nitrogens with zero attached hydrogens (tertiary/aromatic N) is 4. The molecule has 0 radical (unpaired) electrons. The minimum absolute atomic E-state index is 0.0346. The molecule has 4 rings (SSSR count). The smallest absolute Gasteiger partial charge is 0.264 e. The first-order valence-corrected chi connectivity index (χ1v) is 7.45. The van der Waals surface area contributed by atoms with E-state index in [-0.39, 0.29) is 18.4 Å². The molecule has 23 heavy (non-hydrogen) atoms. The molecular formula is C16H16N4O3. The van der Waals surface area contributed by atoms with Crippen LogP contribution < -0.4 is 9.64 Å². The van der Waals surface area contributed by atoms with Gasteiger partial charge < -0.3 is 19.1 Å². The highest BCUT2D eigenvalue weighted by Crippen LogP contribution is 2.32. The van der Waals surface area contributed by atoms with Crippen molar-refractivity contribution in [2.24, 2.45) is 0 Å². The molecule has 118 valence electrons. The fourth-order valence-electron chi connectivity index (χ4n) is 2.95. The lowest BCUT2D eigenvalue weighted by molar-refractivity contribution is -0.120. The van der Waals surface area contributed by atoms with E-state index in [0.717, 1.165) is 12.2 Å². The van der Waals surface area contributed by atoms with Gasteiger partial charge in [0.25, 0.3) is 11.8 Å². The molecule has 0 saturated heterocycles. The normalized spacial score (nSPS) is 16.7. The van der Waals surface area contributed by atoms with Gasteiger partial charge in [-0.1, -0.05) is 0 Å². The Morgan fingerprint density at radius 2 is 2.17 bits per heavy atom. The Balaban J connectivity index is 1.61. The van der Waals surface area contributed by atoms with E-state index in [0.29, 0.717) is 30.1 Å². The number of imidazole rings is 1. The molecule has 2 aliphatic heterocycles. The van der Waals surface area contributed by atoms with Crippen molar-refractivity contribution in [2.75, 3.05) is 25.1 Å². The zero-order valence-electron chi connectivity index (χ0n) is 12.7. The number of likely N-dealkylation sites (N-methyl/N-ethyl adjacent to an activating group) is 1. The minimum atomic E-state index is -0.121. The second-order valence-electron chi connectivity index (χ2n) is 5.73. The number of aromatic nitrogens is 2. The summed E-state index contributed by atoms with van der Waals surface area (Å²) in [6, 6.07) is 5.22. The lowest BCUT2D eigenvalue weighted by Gasteiger charge is -2.29. The Morgan fingerprint density at radius 3 is 3.04 bits per heavy atom. The molecule has 7 nitrogen and oxygen atoms in total. The van der Waals surface area contributed by atoms with Crippen molar-refractivity contribution in [1.29, 1.82) is 0 Å². The quantitative estimate of drug-likeness (QED) is 0.784. The number of carbonyl (C=O) groups excluding carboxylic acids is 2. The minimum Gasteiger partial charge on any atom is -0.482 e. The second kappa shape index (κ2) is 5.12. The fraction of sp³-hybridized carbons (Fsp3) is 0.312. The third-order valence-corrected chi connectivity index (χ3v) is 4.34. The molecule has 2 aliphatic rings. The van der Waals surface area contributed by atoms with Crippen LogP contribution in [-0.2, 0) is 17.9 Å². The van der Waals surface area contributed by atoms with Crippen LogP contribution in [-0.4, -0.2) is 46.5 Å². The van der Waals surface area contributed by atoms with Crippen molar-refractivity contribution in [1.82, 2.24) is 14.5 Å². The monoisotopic (exact) mass is 312 g/mol. The Labute approximate surface area is 133 Å². The highest BCUT2D eigenvalue weighted by Gasteiger charge is 2.26. The molecule has 3 heterocycles. The van der Waals surface area contributed by atoms with Crippen LogP contribution in [0, 0.1) is 0 Å². The average molecular weight is 312 g/mol. The number of anilines is 1. The van der Waals surface area contributed by atoms with Gasteiger partial charge in [0.05, 0.1) is 24.3 Å². The molecule has 0 atom stereocenters. The van der Waals surface area contributed by atoms with Gasteiger partial charge in [-0.25, -0.2) is 4.98 Å². The predicted octanol–water partition coefficient (Wildman–Crippen LogP) is 0.894. The van der Waals surface area contributed by atoms with Gasteiger partial charge in [-0.15, -0.1) is 0 Å². The maximum atomic E-state index is 12.8. The van der Waals surface area contributed by atoms with E-state index in [9.17, 15) is 9.59 Å². The summed E-state index contributed by atoms with van der Waals surface area (Å²) in [5.74, 6) is 0.455. The van der Waals surface area contributed by atoms with E-state index >= 15 is 0 Å². The Kier molecular flexibility index (Phi) is 3.07. The van der Waals surface area contributed by atoms with E-state index in [2.05, 4.69) is 9.55 Å². The number of benzene rings is 1. The van der Waals surface area contributed by atoms with Gasteiger partial charge in [-0.05, 0) is 18.2 Å².